The molecule has 1 saturated heterocycles. The highest BCUT2D eigenvalue weighted by atomic mass is 35.5. The summed E-state index contributed by atoms with van der Waals surface area (Å²) in [6.45, 7) is 4.00. The molecule has 0 aliphatic carbocycles. The Hall–Kier alpha value is -3.38. The van der Waals surface area contributed by atoms with E-state index in [0.29, 0.717) is 10.6 Å². The van der Waals surface area contributed by atoms with Crippen LogP contribution in [0.2, 0.25) is 5.02 Å². The highest BCUT2D eigenvalue weighted by Gasteiger charge is 2.33. The molecule has 1 aliphatic rings. The van der Waals surface area contributed by atoms with E-state index in [9.17, 15) is 14.0 Å². The first-order chi connectivity index (χ1) is 14.3. The number of amides is 3. The van der Waals surface area contributed by atoms with Crippen molar-refractivity contribution in [2.45, 2.75) is 20.4 Å². The Kier molecular flexibility index (Phi) is 5.18. The maximum absolute atomic E-state index is 13.1. The van der Waals surface area contributed by atoms with Crippen LogP contribution in [0.5, 0.6) is 0 Å². The number of hydrogen-bond acceptors (Lipinski definition) is 2. The van der Waals surface area contributed by atoms with Gasteiger partial charge in [0.05, 0.1) is 6.54 Å². The summed E-state index contributed by atoms with van der Waals surface area (Å²) in [5.74, 6) is -0.784. The molecule has 3 amide bonds. The molecule has 1 aliphatic heterocycles. The molecular formula is C23H19ClFN3O2. The third-order valence-electron chi connectivity index (χ3n) is 5.07. The van der Waals surface area contributed by atoms with Gasteiger partial charge in [-0.2, -0.15) is 0 Å². The first-order valence-electron chi connectivity index (χ1n) is 9.37. The topological polar surface area (TPSA) is 54.3 Å². The van der Waals surface area contributed by atoms with Crippen LogP contribution < -0.4 is 5.32 Å². The van der Waals surface area contributed by atoms with Gasteiger partial charge in [-0.1, -0.05) is 23.7 Å². The number of aromatic nitrogens is 1. The summed E-state index contributed by atoms with van der Waals surface area (Å²) in [5.41, 5.74) is 4.58. The van der Waals surface area contributed by atoms with Crippen molar-refractivity contribution in [1.29, 1.82) is 0 Å². The highest BCUT2D eigenvalue weighted by molar-refractivity contribution is 6.30. The first-order valence-corrected chi connectivity index (χ1v) is 9.75. The number of carbonyl (C=O) groups excluding carboxylic acids is 2. The fourth-order valence-corrected chi connectivity index (χ4v) is 3.69. The predicted molar refractivity (Wildman–Crippen MR) is 114 cm³/mol. The van der Waals surface area contributed by atoms with Crippen molar-refractivity contribution in [3.05, 3.63) is 93.6 Å². The summed E-state index contributed by atoms with van der Waals surface area (Å²) in [6.07, 6.45) is 1.68. The number of nitrogens with zero attached hydrogens (tertiary/aromatic N) is 2. The lowest BCUT2D eigenvalue weighted by Crippen LogP contribution is -2.30. The van der Waals surface area contributed by atoms with Gasteiger partial charge in [0.2, 0.25) is 0 Å². The zero-order valence-corrected chi connectivity index (χ0v) is 17.2. The first kappa shape index (κ1) is 19.9. The van der Waals surface area contributed by atoms with Gasteiger partial charge in [-0.3, -0.25) is 9.69 Å². The van der Waals surface area contributed by atoms with E-state index >= 15 is 0 Å². The van der Waals surface area contributed by atoms with Gasteiger partial charge in [-0.25, -0.2) is 9.18 Å². The molecule has 1 aromatic heterocycles. The van der Waals surface area contributed by atoms with Gasteiger partial charge in [-0.05, 0) is 73.5 Å². The van der Waals surface area contributed by atoms with Gasteiger partial charge in [0.25, 0.3) is 5.91 Å². The Morgan fingerprint density at radius 3 is 2.37 bits per heavy atom. The SMILES string of the molecule is Cc1cc(/C=C2/NC(=O)N(Cc3ccc(F)cc3)C2=O)c(C)n1-c1ccc(Cl)cc1. The molecule has 0 atom stereocenters. The van der Waals surface area contributed by atoms with E-state index in [0.717, 1.165) is 27.5 Å². The summed E-state index contributed by atoms with van der Waals surface area (Å²) < 4.78 is 15.2. The predicted octanol–water partition coefficient (Wildman–Crippen LogP) is 4.98. The van der Waals surface area contributed by atoms with E-state index in [4.69, 9.17) is 11.6 Å². The lowest BCUT2D eigenvalue weighted by Gasteiger charge is -2.11. The molecule has 0 spiro atoms. The molecule has 1 N–H and O–H groups in total. The molecule has 0 radical (unpaired) electrons. The van der Waals surface area contributed by atoms with Crippen molar-refractivity contribution in [2.75, 3.05) is 0 Å². The number of benzene rings is 2. The third kappa shape index (κ3) is 3.74. The average Bonchev–Trinajstić information content (AvgIpc) is 3.14. The number of carbonyl (C=O) groups is 2. The lowest BCUT2D eigenvalue weighted by molar-refractivity contribution is -0.123. The van der Waals surface area contributed by atoms with Crippen LogP contribution in [0.4, 0.5) is 9.18 Å². The van der Waals surface area contributed by atoms with Crippen molar-refractivity contribution < 1.29 is 14.0 Å². The number of nitrogens with one attached hydrogen (secondary N) is 1. The second kappa shape index (κ2) is 7.80. The highest BCUT2D eigenvalue weighted by Crippen LogP contribution is 2.25. The zero-order chi connectivity index (χ0) is 21.4. The normalized spacial score (nSPS) is 15.2. The van der Waals surface area contributed by atoms with Gasteiger partial charge in [0.1, 0.15) is 11.5 Å². The van der Waals surface area contributed by atoms with Crippen LogP contribution in [0.3, 0.4) is 0 Å². The zero-order valence-electron chi connectivity index (χ0n) is 16.4. The van der Waals surface area contributed by atoms with Crippen LogP contribution in [0.1, 0.15) is 22.5 Å². The molecule has 30 heavy (non-hydrogen) atoms. The average molecular weight is 424 g/mol. The number of aryl methyl sites for hydroxylation is 1. The minimum atomic E-state index is -0.498. The van der Waals surface area contributed by atoms with E-state index in [-0.39, 0.29) is 18.1 Å². The van der Waals surface area contributed by atoms with Crippen LogP contribution >= 0.6 is 11.6 Å². The number of urea groups is 1. The molecule has 7 heteroatoms. The number of imide groups is 1. The quantitative estimate of drug-likeness (QED) is 0.475. The monoisotopic (exact) mass is 423 g/mol. The Labute approximate surface area is 178 Å². The summed E-state index contributed by atoms with van der Waals surface area (Å²) >= 11 is 5.99. The second-order valence-electron chi connectivity index (χ2n) is 7.14. The smallest absolute Gasteiger partial charge is 0.318 e. The van der Waals surface area contributed by atoms with Crippen LogP contribution in [0, 0.1) is 19.7 Å². The molecule has 4 rings (SSSR count). The second-order valence-corrected chi connectivity index (χ2v) is 7.58. The van der Waals surface area contributed by atoms with E-state index in [2.05, 4.69) is 9.88 Å². The molecule has 152 valence electrons. The molecule has 1 fully saturated rings. The molecule has 2 heterocycles. The van der Waals surface area contributed by atoms with Crippen molar-refractivity contribution in [2.24, 2.45) is 0 Å². The Bertz CT molecular complexity index is 1160. The van der Waals surface area contributed by atoms with Crippen molar-refractivity contribution in [1.82, 2.24) is 14.8 Å². The van der Waals surface area contributed by atoms with Crippen LogP contribution in [-0.4, -0.2) is 21.4 Å². The molecule has 3 aromatic rings. The molecule has 0 saturated carbocycles. The molecule has 2 aromatic carbocycles. The number of halogens is 2. The molecule has 0 bridgehead atoms. The Morgan fingerprint density at radius 2 is 1.70 bits per heavy atom. The Morgan fingerprint density at radius 1 is 1.03 bits per heavy atom. The maximum Gasteiger partial charge on any atom is 0.329 e. The van der Waals surface area contributed by atoms with E-state index in [1.165, 1.54) is 12.1 Å². The van der Waals surface area contributed by atoms with Crippen molar-refractivity contribution in [3.8, 4) is 5.69 Å². The van der Waals surface area contributed by atoms with Crippen molar-refractivity contribution >= 4 is 29.6 Å². The van der Waals surface area contributed by atoms with Crippen LogP contribution in [0.25, 0.3) is 11.8 Å². The molecular weight excluding hydrogens is 405 g/mol. The summed E-state index contributed by atoms with van der Waals surface area (Å²) in [4.78, 5) is 26.2. The molecule has 0 unspecified atom stereocenters. The summed E-state index contributed by atoms with van der Waals surface area (Å²) in [7, 11) is 0. The summed E-state index contributed by atoms with van der Waals surface area (Å²) in [6, 6.07) is 14.7. The standard InChI is InChI=1S/C23H19ClFN3O2/c1-14-11-17(15(2)28(14)20-9-5-18(24)6-10-20)12-21-22(29)27(23(30)26-21)13-16-3-7-19(25)8-4-16/h3-12H,13H2,1-2H3,(H,26,30)/b21-12+. The van der Waals surface area contributed by atoms with E-state index in [1.807, 2.05) is 44.2 Å². The van der Waals surface area contributed by atoms with Gasteiger partial charge >= 0.3 is 6.03 Å². The van der Waals surface area contributed by atoms with Gasteiger partial charge < -0.3 is 9.88 Å². The Balaban J connectivity index is 1.61. The van der Waals surface area contributed by atoms with Gasteiger partial charge in [0, 0.05) is 22.1 Å². The fourth-order valence-electron chi connectivity index (χ4n) is 3.56. The lowest BCUT2D eigenvalue weighted by atomic mass is 10.2. The van der Waals surface area contributed by atoms with Crippen LogP contribution in [-0.2, 0) is 11.3 Å². The van der Waals surface area contributed by atoms with Crippen LogP contribution in [0.15, 0.2) is 60.3 Å². The largest absolute Gasteiger partial charge is 0.329 e. The third-order valence-corrected chi connectivity index (χ3v) is 5.32. The number of hydrogen-bond donors (Lipinski definition) is 1. The molecule has 5 nitrogen and oxygen atoms in total. The van der Waals surface area contributed by atoms with Gasteiger partial charge in [0.15, 0.2) is 0 Å². The minimum Gasteiger partial charge on any atom is -0.318 e. The van der Waals surface area contributed by atoms with E-state index < -0.39 is 11.9 Å². The fraction of sp³-hybridized carbons (Fsp3) is 0.130. The minimum absolute atomic E-state index is 0.0755. The van der Waals surface area contributed by atoms with Crippen molar-refractivity contribution in [3.63, 3.8) is 0 Å². The maximum atomic E-state index is 13.1. The number of rotatable bonds is 4. The summed E-state index contributed by atoms with van der Waals surface area (Å²) in [5, 5.41) is 3.29. The van der Waals surface area contributed by atoms with Gasteiger partial charge in [-0.15, -0.1) is 0 Å². The van der Waals surface area contributed by atoms with E-state index in [1.54, 1.807) is 18.2 Å².